The quantitative estimate of drug-likeness (QED) is 0.409. The molecule has 0 radical (unpaired) electrons. The van der Waals surface area contributed by atoms with Gasteiger partial charge in [0.1, 0.15) is 0 Å². The van der Waals surface area contributed by atoms with Crippen LogP contribution in [0.4, 0.5) is 0 Å². The zero-order valence-electron chi connectivity index (χ0n) is 17.7. The van der Waals surface area contributed by atoms with Crippen LogP contribution in [0, 0.1) is 18.3 Å². The van der Waals surface area contributed by atoms with Gasteiger partial charge in [-0.15, -0.1) is 0 Å². The first-order chi connectivity index (χ1) is 15.2. The van der Waals surface area contributed by atoms with E-state index in [1.807, 2.05) is 24.3 Å². The van der Waals surface area contributed by atoms with Gasteiger partial charge in [0, 0.05) is 30.5 Å². The van der Waals surface area contributed by atoms with Crippen LogP contribution in [0.25, 0.3) is 33.4 Å². The largest absolute Gasteiger partial charge is 0.376 e. The number of pyridine rings is 1. The minimum Gasteiger partial charge on any atom is -0.376 e. The highest BCUT2D eigenvalue weighted by Gasteiger charge is 2.18. The normalized spacial score (nSPS) is 16.3. The van der Waals surface area contributed by atoms with E-state index in [9.17, 15) is 5.26 Å². The van der Waals surface area contributed by atoms with Crippen LogP contribution in [-0.2, 0) is 11.3 Å². The molecule has 0 saturated carbocycles. The standard InChI is InChI=1S/C27H25N3O/c1-19-5-9-22(10-6-19)27-24(21-11-7-20(17-28)8-12-21)16-26-25(29-27)13-14-30(26)18-23-4-2-3-15-31-23/h5-14,16,23H,2-4,15,18H2,1H3/t23-/m1/s1. The molecule has 31 heavy (non-hydrogen) atoms. The van der Waals surface area contributed by atoms with Gasteiger partial charge in [-0.05, 0) is 56.0 Å². The van der Waals surface area contributed by atoms with Gasteiger partial charge < -0.3 is 9.30 Å². The summed E-state index contributed by atoms with van der Waals surface area (Å²) in [4.78, 5) is 5.08. The summed E-state index contributed by atoms with van der Waals surface area (Å²) < 4.78 is 8.24. The van der Waals surface area contributed by atoms with Crippen LogP contribution in [0.2, 0.25) is 0 Å². The third-order valence-corrected chi connectivity index (χ3v) is 6.08. The van der Waals surface area contributed by atoms with E-state index in [1.54, 1.807) is 0 Å². The van der Waals surface area contributed by atoms with Crippen molar-refractivity contribution in [2.75, 3.05) is 6.61 Å². The van der Waals surface area contributed by atoms with E-state index in [-0.39, 0.29) is 6.10 Å². The van der Waals surface area contributed by atoms with Crippen molar-refractivity contribution in [1.82, 2.24) is 9.55 Å². The first kappa shape index (κ1) is 19.5. The average molecular weight is 408 g/mol. The Labute approximate surface area is 182 Å². The van der Waals surface area contributed by atoms with Crippen molar-refractivity contribution < 1.29 is 4.74 Å². The van der Waals surface area contributed by atoms with Crippen molar-refractivity contribution in [2.24, 2.45) is 0 Å². The zero-order chi connectivity index (χ0) is 21.2. The monoisotopic (exact) mass is 407 g/mol. The second-order valence-corrected chi connectivity index (χ2v) is 8.30. The maximum Gasteiger partial charge on any atom is 0.0991 e. The molecular formula is C27H25N3O. The van der Waals surface area contributed by atoms with Gasteiger partial charge in [-0.25, -0.2) is 4.98 Å². The van der Waals surface area contributed by atoms with E-state index in [2.05, 4.69) is 60.2 Å². The fourth-order valence-corrected chi connectivity index (χ4v) is 4.32. The third-order valence-electron chi connectivity index (χ3n) is 6.08. The zero-order valence-corrected chi connectivity index (χ0v) is 17.7. The summed E-state index contributed by atoms with van der Waals surface area (Å²) in [6, 6.07) is 22.8. The van der Waals surface area contributed by atoms with Crippen LogP contribution in [0.3, 0.4) is 0 Å². The predicted molar refractivity (Wildman–Crippen MR) is 124 cm³/mol. The third kappa shape index (κ3) is 3.97. The molecule has 0 aliphatic carbocycles. The summed E-state index contributed by atoms with van der Waals surface area (Å²) in [6.45, 7) is 3.80. The summed E-state index contributed by atoms with van der Waals surface area (Å²) in [7, 11) is 0. The highest BCUT2D eigenvalue weighted by molar-refractivity contribution is 5.90. The molecule has 0 amide bonds. The topological polar surface area (TPSA) is 50.8 Å². The molecule has 0 bridgehead atoms. The Bertz CT molecular complexity index is 1240. The fraction of sp³-hybridized carbons (Fsp3) is 0.259. The number of hydrogen-bond donors (Lipinski definition) is 0. The number of fused-ring (bicyclic) bond motifs is 1. The molecule has 1 fully saturated rings. The van der Waals surface area contributed by atoms with Gasteiger partial charge in [0.25, 0.3) is 0 Å². The first-order valence-electron chi connectivity index (χ1n) is 10.9. The van der Waals surface area contributed by atoms with Crippen molar-refractivity contribution in [1.29, 1.82) is 5.26 Å². The van der Waals surface area contributed by atoms with Crippen molar-refractivity contribution in [2.45, 2.75) is 38.8 Å². The summed E-state index contributed by atoms with van der Waals surface area (Å²) in [6.07, 6.45) is 5.89. The molecule has 4 aromatic rings. The molecule has 0 unspecified atom stereocenters. The highest BCUT2D eigenvalue weighted by Crippen LogP contribution is 2.34. The van der Waals surface area contributed by atoms with Gasteiger partial charge >= 0.3 is 0 Å². The lowest BCUT2D eigenvalue weighted by molar-refractivity contribution is 0.00670. The van der Waals surface area contributed by atoms with Crippen LogP contribution in [-0.4, -0.2) is 22.3 Å². The van der Waals surface area contributed by atoms with E-state index < -0.39 is 0 Å². The van der Waals surface area contributed by atoms with Gasteiger partial charge in [-0.1, -0.05) is 42.0 Å². The molecular weight excluding hydrogens is 382 g/mol. The minimum atomic E-state index is 0.263. The second-order valence-electron chi connectivity index (χ2n) is 8.30. The summed E-state index contributed by atoms with van der Waals surface area (Å²) in [5.41, 5.74) is 8.18. The lowest BCUT2D eigenvalue weighted by Crippen LogP contribution is -2.24. The van der Waals surface area contributed by atoms with Crippen LogP contribution >= 0.6 is 0 Å². The SMILES string of the molecule is Cc1ccc(-c2nc3ccn(C[C@H]4CCCCO4)c3cc2-c2ccc(C#N)cc2)cc1. The number of benzene rings is 2. The lowest BCUT2D eigenvalue weighted by atomic mass is 9.97. The number of hydrogen-bond acceptors (Lipinski definition) is 3. The van der Waals surface area contributed by atoms with Crippen LogP contribution in [0.15, 0.2) is 66.9 Å². The van der Waals surface area contributed by atoms with E-state index in [1.165, 1.54) is 12.0 Å². The summed E-state index contributed by atoms with van der Waals surface area (Å²) in [5, 5.41) is 9.19. The van der Waals surface area contributed by atoms with Crippen LogP contribution in [0.1, 0.15) is 30.4 Å². The first-order valence-corrected chi connectivity index (χ1v) is 10.9. The van der Waals surface area contributed by atoms with Crippen molar-refractivity contribution in [3.05, 3.63) is 78.0 Å². The molecule has 1 saturated heterocycles. The highest BCUT2D eigenvalue weighted by atomic mass is 16.5. The summed E-state index contributed by atoms with van der Waals surface area (Å²) in [5.74, 6) is 0. The Hall–Kier alpha value is -3.42. The molecule has 2 aromatic heterocycles. The molecule has 154 valence electrons. The van der Waals surface area contributed by atoms with Crippen LogP contribution in [0.5, 0.6) is 0 Å². The molecule has 1 aliphatic rings. The van der Waals surface area contributed by atoms with Gasteiger partial charge in [0.05, 0.1) is 34.5 Å². The number of aryl methyl sites for hydroxylation is 1. The molecule has 1 aliphatic heterocycles. The number of aromatic nitrogens is 2. The van der Waals surface area contributed by atoms with Crippen molar-refractivity contribution in [3.63, 3.8) is 0 Å². The fourth-order valence-electron chi connectivity index (χ4n) is 4.32. The number of nitrogens with zero attached hydrogens (tertiary/aromatic N) is 3. The van der Waals surface area contributed by atoms with Gasteiger partial charge in [0.15, 0.2) is 0 Å². The number of rotatable bonds is 4. The minimum absolute atomic E-state index is 0.263. The van der Waals surface area contributed by atoms with Crippen molar-refractivity contribution in [3.8, 4) is 28.5 Å². The van der Waals surface area contributed by atoms with E-state index >= 15 is 0 Å². The molecule has 1 atom stereocenters. The van der Waals surface area contributed by atoms with E-state index in [0.29, 0.717) is 5.56 Å². The Morgan fingerprint density at radius 1 is 1.03 bits per heavy atom. The molecule has 3 heterocycles. The van der Waals surface area contributed by atoms with Crippen LogP contribution < -0.4 is 0 Å². The van der Waals surface area contributed by atoms with Gasteiger partial charge in [0.2, 0.25) is 0 Å². The Kier molecular flexibility index (Phi) is 5.28. The second kappa shape index (κ2) is 8.37. The van der Waals surface area contributed by atoms with Crippen molar-refractivity contribution >= 4 is 11.0 Å². The molecule has 0 N–H and O–H groups in total. The maximum atomic E-state index is 9.19. The lowest BCUT2D eigenvalue weighted by Gasteiger charge is -2.23. The Balaban J connectivity index is 1.63. The Morgan fingerprint density at radius 2 is 1.81 bits per heavy atom. The molecule has 4 heteroatoms. The summed E-state index contributed by atoms with van der Waals surface area (Å²) >= 11 is 0. The van der Waals surface area contributed by atoms with E-state index in [4.69, 9.17) is 9.72 Å². The predicted octanol–water partition coefficient (Wildman–Crippen LogP) is 6.12. The number of ether oxygens (including phenoxy) is 1. The van der Waals surface area contributed by atoms with E-state index in [0.717, 1.165) is 59.4 Å². The average Bonchev–Trinajstić information content (AvgIpc) is 3.21. The molecule has 2 aromatic carbocycles. The van der Waals surface area contributed by atoms with Gasteiger partial charge in [-0.3, -0.25) is 0 Å². The smallest absolute Gasteiger partial charge is 0.0991 e. The number of nitriles is 1. The molecule has 0 spiro atoms. The maximum absolute atomic E-state index is 9.19. The van der Waals surface area contributed by atoms with Gasteiger partial charge in [-0.2, -0.15) is 5.26 Å². The Morgan fingerprint density at radius 3 is 2.52 bits per heavy atom. The molecule has 4 nitrogen and oxygen atoms in total. The molecule has 5 rings (SSSR count).